The molecule has 1 saturated heterocycles. The van der Waals surface area contributed by atoms with Crippen LogP contribution < -0.4 is 0 Å². The van der Waals surface area contributed by atoms with Gasteiger partial charge < -0.3 is 9.40 Å². The molecular weight excluding hydrogens is 470 g/mol. The van der Waals surface area contributed by atoms with Gasteiger partial charge in [-0.2, -0.15) is 0 Å². The Morgan fingerprint density at radius 1 is 1.24 bits per heavy atom. The highest BCUT2D eigenvalue weighted by atomic mass is 79.9. The lowest BCUT2D eigenvalue weighted by Gasteiger charge is -2.21. The van der Waals surface area contributed by atoms with Crippen molar-refractivity contribution in [2.24, 2.45) is 0 Å². The van der Waals surface area contributed by atoms with E-state index < -0.39 is 0 Å². The van der Waals surface area contributed by atoms with E-state index in [0.717, 1.165) is 51.3 Å². The quantitative estimate of drug-likeness (QED) is 0.435. The fourth-order valence-electron chi connectivity index (χ4n) is 3.56. The fourth-order valence-corrected chi connectivity index (χ4v) is 6.84. The van der Waals surface area contributed by atoms with Crippen LogP contribution in [-0.4, -0.2) is 32.5 Å². The van der Waals surface area contributed by atoms with Gasteiger partial charge in [0.1, 0.15) is 5.69 Å². The second-order valence-corrected chi connectivity index (χ2v) is 11.0. The molecule has 2 aliphatic rings. The van der Waals surface area contributed by atoms with Crippen LogP contribution in [0.2, 0.25) is 0 Å². The van der Waals surface area contributed by atoms with Gasteiger partial charge in [-0.25, -0.2) is 0 Å². The van der Waals surface area contributed by atoms with Crippen LogP contribution in [0.15, 0.2) is 33.2 Å². The van der Waals surface area contributed by atoms with Gasteiger partial charge in [0.05, 0.1) is 10.3 Å². The molecule has 29 heavy (non-hydrogen) atoms. The van der Waals surface area contributed by atoms with Crippen LogP contribution in [0.4, 0.5) is 0 Å². The summed E-state index contributed by atoms with van der Waals surface area (Å²) in [5, 5.41) is 8.50. The first kappa shape index (κ1) is 19.5. The van der Waals surface area contributed by atoms with Gasteiger partial charge in [-0.05, 0) is 55.4 Å². The van der Waals surface area contributed by atoms with E-state index >= 15 is 0 Å². The van der Waals surface area contributed by atoms with Crippen LogP contribution in [0.1, 0.15) is 62.8 Å². The van der Waals surface area contributed by atoms with Crippen molar-refractivity contribution in [1.29, 1.82) is 0 Å². The van der Waals surface area contributed by atoms with E-state index in [1.165, 1.54) is 6.42 Å². The summed E-state index contributed by atoms with van der Waals surface area (Å²) in [5.74, 6) is 3.80. The Morgan fingerprint density at radius 2 is 2.03 bits per heavy atom. The van der Waals surface area contributed by atoms with Crippen LogP contribution in [0.5, 0.6) is 0 Å². The highest BCUT2D eigenvalue weighted by Gasteiger charge is 2.33. The number of thioether (sulfide) groups is 2. The molecule has 0 radical (unpaired) electrons. The molecule has 0 atom stereocenters. The molecule has 1 aromatic carbocycles. The number of hydrogen-bond donors (Lipinski definition) is 1. The molecule has 2 fully saturated rings. The third kappa shape index (κ3) is 3.82. The molecule has 3 aromatic rings. The summed E-state index contributed by atoms with van der Waals surface area (Å²) in [7, 11) is 0. The van der Waals surface area contributed by atoms with Crippen molar-refractivity contribution >= 4 is 45.2 Å². The lowest BCUT2D eigenvalue weighted by atomic mass is 9.99. The predicted molar refractivity (Wildman–Crippen MR) is 121 cm³/mol. The summed E-state index contributed by atoms with van der Waals surface area (Å²) >= 11 is 7.25. The Balaban J connectivity index is 1.60. The van der Waals surface area contributed by atoms with Crippen LogP contribution in [-0.2, 0) is 0 Å². The number of aromatic amines is 1. The molecule has 0 amide bonds. The standard InChI is InChI=1S/C21H20BrN3O2S2/c1-11-15(18(26)13-4-2-5-14(22)10-13)17(21-28-8-3-9-29-21)23-16(11)20-25-24-19(27-20)12-6-7-12/h2,4-5,10,12,21,23H,3,6-9H2,1H3. The smallest absolute Gasteiger partial charge is 0.264 e. The van der Waals surface area contributed by atoms with Gasteiger partial charge in [-0.15, -0.1) is 33.7 Å². The highest BCUT2D eigenvalue weighted by molar-refractivity contribution is 9.10. The van der Waals surface area contributed by atoms with E-state index in [1.54, 1.807) is 0 Å². The summed E-state index contributed by atoms with van der Waals surface area (Å²) in [6.07, 6.45) is 3.42. The van der Waals surface area contributed by atoms with Crippen molar-refractivity contribution in [2.75, 3.05) is 11.5 Å². The molecule has 0 spiro atoms. The largest absolute Gasteiger partial charge is 0.419 e. The topological polar surface area (TPSA) is 71.8 Å². The van der Waals surface area contributed by atoms with E-state index in [1.807, 2.05) is 54.7 Å². The number of H-pyrrole nitrogens is 1. The molecule has 1 aliphatic heterocycles. The molecule has 5 rings (SSSR count). The van der Waals surface area contributed by atoms with E-state index in [-0.39, 0.29) is 10.4 Å². The van der Waals surface area contributed by atoms with E-state index in [4.69, 9.17) is 4.42 Å². The molecule has 2 aromatic heterocycles. The third-order valence-corrected chi connectivity index (χ3v) is 8.67. The van der Waals surface area contributed by atoms with E-state index in [9.17, 15) is 4.79 Å². The van der Waals surface area contributed by atoms with Crippen molar-refractivity contribution in [2.45, 2.75) is 36.7 Å². The van der Waals surface area contributed by atoms with Crippen molar-refractivity contribution in [3.05, 3.63) is 57.0 Å². The molecule has 5 nitrogen and oxygen atoms in total. The van der Waals surface area contributed by atoms with Gasteiger partial charge in [0.15, 0.2) is 5.78 Å². The number of aromatic nitrogens is 3. The summed E-state index contributed by atoms with van der Waals surface area (Å²) in [6.45, 7) is 1.97. The summed E-state index contributed by atoms with van der Waals surface area (Å²) < 4.78 is 7.04. The van der Waals surface area contributed by atoms with Gasteiger partial charge >= 0.3 is 0 Å². The Morgan fingerprint density at radius 3 is 2.76 bits per heavy atom. The molecule has 8 heteroatoms. The Bertz CT molecular complexity index is 1070. The molecule has 150 valence electrons. The molecule has 3 heterocycles. The van der Waals surface area contributed by atoms with Crippen LogP contribution >= 0.6 is 39.5 Å². The maximum Gasteiger partial charge on any atom is 0.264 e. The average Bonchev–Trinajstić information content (AvgIpc) is 3.37. The summed E-state index contributed by atoms with van der Waals surface area (Å²) in [6, 6.07) is 7.56. The minimum absolute atomic E-state index is 0.0232. The Kier molecular flexibility index (Phi) is 5.34. The monoisotopic (exact) mass is 489 g/mol. The fraction of sp³-hybridized carbons (Fsp3) is 0.381. The van der Waals surface area contributed by atoms with E-state index in [0.29, 0.717) is 23.3 Å². The van der Waals surface area contributed by atoms with Crippen LogP contribution in [0.3, 0.4) is 0 Å². The van der Waals surface area contributed by atoms with Gasteiger partial charge in [-0.1, -0.05) is 28.1 Å². The van der Waals surface area contributed by atoms with Crippen molar-refractivity contribution in [3.8, 4) is 11.6 Å². The number of halogens is 1. The van der Waals surface area contributed by atoms with Crippen LogP contribution in [0.25, 0.3) is 11.6 Å². The molecule has 1 saturated carbocycles. The van der Waals surface area contributed by atoms with Gasteiger partial charge in [0.25, 0.3) is 5.89 Å². The minimum atomic E-state index is 0.0232. The number of hydrogen-bond acceptors (Lipinski definition) is 6. The maximum atomic E-state index is 13.5. The van der Waals surface area contributed by atoms with Crippen LogP contribution in [0, 0.1) is 6.92 Å². The zero-order chi connectivity index (χ0) is 20.0. The zero-order valence-corrected chi connectivity index (χ0v) is 19.1. The second kappa shape index (κ2) is 7.96. The zero-order valence-electron chi connectivity index (χ0n) is 15.9. The maximum absolute atomic E-state index is 13.5. The predicted octanol–water partition coefficient (Wildman–Crippen LogP) is 6.11. The normalized spacial score (nSPS) is 17.6. The summed E-state index contributed by atoms with van der Waals surface area (Å²) in [5.41, 5.74) is 4.01. The minimum Gasteiger partial charge on any atom is -0.419 e. The number of nitrogens with one attached hydrogen (secondary N) is 1. The van der Waals surface area contributed by atoms with Crippen molar-refractivity contribution < 1.29 is 9.21 Å². The number of rotatable bonds is 5. The molecule has 0 bridgehead atoms. The molecule has 1 N–H and O–H groups in total. The molecule has 1 aliphatic carbocycles. The lowest BCUT2D eigenvalue weighted by Crippen LogP contribution is -2.09. The Hall–Kier alpha value is -1.51. The van der Waals surface area contributed by atoms with Gasteiger partial charge in [0.2, 0.25) is 5.89 Å². The van der Waals surface area contributed by atoms with Gasteiger partial charge in [0, 0.05) is 21.5 Å². The number of benzene rings is 1. The first-order valence-electron chi connectivity index (χ1n) is 9.71. The highest BCUT2D eigenvalue weighted by Crippen LogP contribution is 2.47. The third-order valence-electron chi connectivity index (χ3n) is 5.24. The molecular formula is C21H20BrN3O2S2. The Labute approximate surface area is 186 Å². The lowest BCUT2D eigenvalue weighted by molar-refractivity contribution is 0.103. The number of nitrogens with zero attached hydrogens (tertiary/aromatic N) is 2. The SMILES string of the molecule is Cc1c(-c2nnc(C3CC3)o2)[nH]c(C2SCCCS2)c1C(=O)c1cccc(Br)c1. The second-order valence-electron chi connectivity index (χ2n) is 7.40. The van der Waals surface area contributed by atoms with Gasteiger partial charge in [-0.3, -0.25) is 4.79 Å². The van der Waals surface area contributed by atoms with E-state index in [2.05, 4.69) is 31.1 Å². The first-order chi connectivity index (χ1) is 14.1. The number of carbonyl (C=O) groups is 1. The molecule has 0 unspecified atom stereocenters. The van der Waals surface area contributed by atoms with Crippen molar-refractivity contribution in [1.82, 2.24) is 15.2 Å². The van der Waals surface area contributed by atoms with Crippen molar-refractivity contribution in [3.63, 3.8) is 0 Å². The summed E-state index contributed by atoms with van der Waals surface area (Å²) in [4.78, 5) is 17.0. The first-order valence-corrected chi connectivity index (χ1v) is 12.6. The number of ketones is 1. The average molecular weight is 490 g/mol. The number of carbonyl (C=O) groups excluding carboxylic acids is 1.